The molecule has 1 aliphatic rings. The highest BCUT2D eigenvalue weighted by molar-refractivity contribution is 7.78. The average molecular weight is 201 g/mol. The van der Waals surface area contributed by atoms with Crippen LogP contribution in [0.1, 0.15) is 0 Å². The van der Waals surface area contributed by atoms with Crippen LogP contribution < -0.4 is 4.72 Å². The Hall–Kier alpha value is -1.37. The summed E-state index contributed by atoms with van der Waals surface area (Å²) in [6, 6.07) is 0. The number of hydrogen-bond donors (Lipinski definition) is 3. The maximum Gasteiger partial charge on any atom is 0.275 e. The maximum absolute atomic E-state index is 11.2. The molecule has 0 radical (unpaired) electrons. The van der Waals surface area contributed by atoms with Gasteiger partial charge in [0.15, 0.2) is 5.92 Å². The van der Waals surface area contributed by atoms with Gasteiger partial charge in [0, 0.05) is 7.05 Å². The summed E-state index contributed by atoms with van der Waals surface area (Å²) in [6.07, 6.45) is 0. The second-order valence-corrected chi connectivity index (χ2v) is 2.75. The number of carbonyl (C=O) groups is 3. The highest BCUT2D eigenvalue weighted by Crippen LogP contribution is 2.14. The van der Waals surface area contributed by atoms with Crippen molar-refractivity contribution in [3.05, 3.63) is 0 Å². The van der Waals surface area contributed by atoms with Crippen molar-refractivity contribution in [1.29, 1.82) is 5.41 Å². The van der Waals surface area contributed by atoms with E-state index in [1.54, 1.807) is 0 Å². The van der Waals surface area contributed by atoms with Crippen LogP contribution in [0.3, 0.4) is 0 Å². The Bertz CT molecular complexity index is 314. The largest absolute Gasteiger partial charge is 0.302 e. The standard InChI is InChI=1S/C6H7N3O3S/c1-9-5(11)2(4(10)8-13)3(7)6(9)12/h2,7,13H,1H3,(H,8,10). The lowest BCUT2D eigenvalue weighted by molar-refractivity contribution is -0.139. The number of thiol groups is 1. The van der Waals surface area contributed by atoms with E-state index in [1.165, 1.54) is 7.05 Å². The number of imide groups is 1. The van der Waals surface area contributed by atoms with Gasteiger partial charge in [0.25, 0.3) is 5.91 Å². The van der Waals surface area contributed by atoms with E-state index < -0.39 is 29.4 Å². The van der Waals surface area contributed by atoms with Gasteiger partial charge in [0.2, 0.25) is 11.8 Å². The fourth-order valence-corrected chi connectivity index (χ4v) is 1.16. The number of rotatable bonds is 1. The molecule has 0 aromatic carbocycles. The first kappa shape index (κ1) is 9.72. The van der Waals surface area contributed by atoms with Crippen LogP contribution in [0.4, 0.5) is 0 Å². The molecule has 2 N–H and O–H groups in total. The minimum atomic E-state index is -1.34. The van der Waals surface area contributed by atoms with Crippen LogP contribution in [-0.4, -0.2) is 35.4 Å². The minimum absolute atomic E-state index is 0.515. The minimum Gasteiger partial charge on any atom is -0.302 e. The second kappa shape index (κ2) is 3.17. The molecule has 3 amide bonds. The van der Waals surface area contributed by atoms with Crippen LogP contribution in [0.2, 0.25) is 0 Å². The SMILES string of the molecule is CN1C(=O)C(=N)C(C(=O)NS)C1=O. The summed E-state index contributed by atoms with van der Waals surface area (Å²) >= 11 is 3.45. The number of nitrogens with one attached hydrogen (secondary N) is 2. The van der Waals surface area contributed by atoms with Crippen LogP contribution in [0.25, 0.3) is 0 Å². The predicted molar refractivity (Wildman–Crippen MR) is 46.1 cm³/mol. The molecular weight excluding hydrogens is 194 g/mol. The Balaban J connectivity index is 3.01. The number of amides is 3. The molecule has 7 heteroatoms. The molecule has 0 bridgehead atoms. The number of hydrogen-bond acceptors (Lipinski definition) is 5. The normalized spacial score (nSPS) is 22.5. The van der Waals surface area contributed by atoms with E-state index in [9.17, 15) is 14.4 Å². The lowest BCUT2D eigenvalue weighted by Crippen LogP contribution is -2.33. The molecule has 1 rings (SSSR count). The highest BCUT2D eigenvalue weighted by atomic mass is 32.1. The summed E-state index contributed by atoms with van der Waals surface area (Å²) in [7, 11) is 1.23. The van der Waals surface area contributed by atoms with Crippen LogP contribution in [-0.2, 0) is 14.4 Å². The fourth-order valence-electron chi connectivity index (χ4n) is 1.03. The molecule has 70 valence electrons. The molecule has 0 aromatic heterocycles. The summed E-state index contributed by atoms with van der Waals surface area (Å²) in [5.41, 5.74) is -0.515. The van der Waals surface area contributed by atoms with Crippen LogP contribution >= 0.6 is 12.8 Å². The third-order valence-corrected chi connectivity index (χ3v) is 1.99. The van der Waals surface area contributed by atoms with E-state index in [2.05, 4.69) is 12.8 Å². The first-order chi connectivity index (χ1) is 6.00. The molecule has 1 aliphatic heterocycles. The summed E-state index contributed by atoms with van der Waals surface area (Å²) in [4.78, 5) is 34.0. The number of nitrogens with zero attached hydrogens (tertiary/aromatic N) is 1. The fraction of sp³-hybridized carbons (Fsp3) is 0.333. The zero-order valence-electron chi connectivity index (χ0n) is 6.70. The second-order valence-electron chi connectivity index (χ2n) is 2.53. The summed E-state index contributed by atoms with van der Waals surface area (Å²) in [6.45, 7) is 0. The predicted octanol–water partition coefficient (Wildman–Crippen LogP) is -1.42. The smallest absolute Gasteiger partial charge is 0.275 e. The van der Waals surface area contributed by atoms with E-state index in [0.29, 0.717) is 0 Å². The Morgan fingerprint density at radius 1 is 1.62 bits per heavy atom. The molecule has 1 fully saturated rings. The topological polar surface area (TPSA) is 90.3 Å². The van der Waals surface area contributed by atoms with Crippen molar-refractivity contribution in [3.63, 3.8) is 0 Å². The van der Waals surface area contributed by atoms with Gasteiger partial charge < -0.3 is 4.72 Å². The quantitative estimate of drug-likeness (QED) is 0.276. The summed E-state index contributed by atoms with van der Waals surface area (Å²) < 4.78 is 1.92. The number of likely N-dealkylation sites (tertiary alicyclic amines) is 1. The van der Waals surface area contributed by atoms with Gasteiger partial charge in [-0.3, -0.25) is 24.7 Å². The third kappa shape index (κ3) is 1.31. The lowest BCUT2D eigenvalue weighted by Gasteiger charge is -2.05. The zero-order valence-corrected chi connectivity index (χ0v) is 7.59. The van der Waals surface area contributed by atoms with Gasteiger partial charge in [-0.15, -0.1) is 0 Å². The van der Waals surface area contributed by atoms with E-state index >= 15 is 0 Å². The zero-order chi connectivity index (χ0) is 10.2. The average Bonchev–Trinajstić information content (AvgIpc) is 2.30. The van der Waals surface area contributed by atoms with E-state index in [0.717, 1.165) is 4.90 Å². The Labute approximate surface area is 79.3 Å². The highest BCUT2D eigenvalue weighted by Gasteiger charge is 2.45. The van der Waals surface area contributed by atoms with Crippen molar-refractivity contribution in [1.82, 2.24) is 9.62 Å². The van der Waals surface area contributed by atoms with Gasteiger partial charge in [0.1, 0.15) is 5.71 Å². The summed E-state index contributed by atoms with van der Waals surface area (Å²) in [5.74, 6) is -3.53. The molecule has 0 saturated carbocycles. The van der Waals surface area contributed by atoms with Gasteiger partial charge in [-0.2, -0.15) is 0 Å². The van der Waals surface area contributed by atoms with Crippen LogP contribution in [0.5, 0.6) is 0 Å². The first-order valence-corrected chi connectivity index (χ1v) is 3.79. The lowest BCUT2D eigenvalue weighted by atomic mass is 10.1. The molecular formula is C6H7N3O3S. The van der Waals surface area contributed by atoms with Gasteiger partial charge in [-0.25, -0.2) is 0 Å². The molecule has 0 aromatic rings. The Morgan fingerprint density at radius 2 is 2.15 bits per heavy atom. The van der Waals surface area contributed by atoms with Crippen molar-refractivity contribution >= 4 is 36.2 Å². The molecule has 0 aliphatic carbocycles. The molecule has 1 saturated heterocycles. The Morgan fingerprint density at radius 3 is 2.46 bits per heavy atom. The molecule has 1 heterocycles. The van der Waals surface area contributed by atoms with Gasteiger partial charge >= 0.3 is 0 Å². The molecule has 1 unspecified atom stereocenters. The van der Waals surface area contributed by atoms with Gasteiger partial charge in [0.05, 0.1) is 0 Å². The van der Waals surface area contributed by atoms with Crippen molar-refractivity contribution in [3.8, 4) is 0 Å². The van der Waals surface area contributed by atoms with Crippen molar-refractivity contribution in [2.24, 2.45) is 5.92 Å². The maximum atomic E-state index is 11.2. The van der Waals surface area contributed by atoms with Crippen LogP contribution in [0.15, 0.2) is 0 Å². The third-order valence-electron chi connectivity index (χ3n) is 1.77. The van der Waals surface area contributed by atoms with Crippen molar-refractivity contribution in [2.45, 2.75) is 0 Å². The van der Waals surface area contributed by atoms with E-state index in [-0.39, 0.29) is 0 Å². The molecule has 6 nitrogen and oxygen atoms in total. The van der Waals surface area contributed by atoms with E-state index in [1.807, 2.05) is 4.72 Å². The number of carbonyl (C=O) groups excluding carboxylic acids is 3. The molecule has 1 atom stereocenters. The van der Waals surface area contributed by atoms with E-state index in [4.69, 9.17) is 5.41 Å². The van der Waals surface area contributed by atoms with Crippen LogP contribution in [0, 0.1) is 11.3 Å². The summed E-state index contributed by atoms with van der Waals surface area (Å²) in [5, 5.41) is 7.20. The van der Waals surface area contributed by atoms with Gasteiger partial charge in [-0.1, -0.05) is 12.8 Å². The van der Waals surface area contributed by atoms with Crippen molar-refractivity contribution < 1.29 is 14.4 Å². The monoisotopic (exact) mass is 201 g/mol. The first-order valence-electron chi connectivity index (χ1n) is 3.35. The van der Waals surface area contributed by atoms with Gasteiger partial charge in [-0.05, 0) is 0 Å². The molecule has 0 spiro atoms. The van der Waals surface area contributed by atoms with Crippen molar-refractivity contribution in [2.75, 3.05) is 7.05 Å². The Kier molecular flexibility index (Phi) is 2.37. The molecule has 13 heavy (non-hydrogen) atoms.